The highest BCUT2D eigenvalue weighted by Crippen LogP contribution is 2.20. The Bertz CT molecular complexity index is 821. The zero-order valence-electron chi connectivity index (χ0n) is 15.2. The number of esters is 1. The average molecular weight is 389 g/mol. The number of para-hydroxylation sites is 1. The van der Waals surface area contributed by atoms with E-state index in [2.05, 4.69) is 5.32 Å². The first kappa shape index (κ1) is 20.5. The third kappa shape index (κ3) is 6.11. The molecule has 0 saturated carbocycles. The lowest BCUT2D eigenvalue weighted by atomic mass is 10.1. The van der Waals surface area contributed by atoms with Gasteiger partial charge in [0.25, 0.3) is 5.91 Å². The van der Waals surface area contributed by atoms with Crippen molar-refractivity contribution < 1.29 is 19.1 Å². The van der Waals surface area contributed by atoms with Crippen molar-refractivity contribution in [3.05, 3.63) is 64.7 Å². The highest BCUT2D eigenvalue weighted by atomic mass is 35.5. The number of amides is 2. The summed E-state index contributed by atoms with van der Waals surface area (Å²) in [5.74, 6) is -1.47. The third-order valence-electron chi connectivity index (χ3n) is 3.88. The predicted octanol–water partition coefficient (Wildman–Crippen LogP) is 3.16. The van der Waals surface area contributed by atoms with Crippen LogP contribution in [-0.2, 0) is 20.7 Å². The Kier molecular flexibility index (Phi) is 7.37. The number of likely N-dealkylation sites (N-methyl/N-ethyl adjacent to an activating group) is 1. The van der Waals surface area contributed by atoms with E-state index >= 15 is 0 Å². The summed E-state index contributed by atoms with van der Waals surface area (Å²) >= 11 is 5.98. The van der Waals surface area contributed by atoms with Crippen molar-refractivity contribution in [2.75, 3.05) is 25.5 Å². The Balaban J connectivity index is 1.81. The molecule has 0 heterocycles. The molecule has 0 radical (unpaired) electrons. The number of halogens is 1. The summed E-state index contributed by atoms with van der Waals surface area (Å²) in [5.41, 5.74) is 1.94. The fourth-order valence-corrected chi connectivity index (χ4v) is 2.44. The van der Waals surface area contributed by atoms with E-state index in [0.717, 1.165) is 12.0 Å². The molecule has 2 aromatic rings. The lowest BCUT2D eigenvalue weighted by Crippen LogP contribution is -2.37. The van der Waals surface area contributed by atoms with Gasteiger partial charge in [0.05, 0.1) is 22.8 Å². The summed E-state index contributed by atoms with van der Waals surface area (Å²) < 4.78 is 5.02. The van der Waals surface area contributed by atoms with Crippen LogP contribution in [0.15, 0.2) is 48.5 Å². The van der Waals surface area contributed by atoms with Crippen LogP contribution in [0.25, 0.3) is 0 Å². The lowest BCUT2D eigenvalue weighted by Gasteiger charge is -2.17. The molecule has 6 nitrogen and oxygen atoms in total. The first-order chi connectivity index (χ1) is 12.9. The molecule has 2 amide bonds. The molecule has 1 N–H and O–H groups in total. The number of hydrogen-bond acceptors (Lipinski definition) is 4. The van der Waals surface area contributed by atoms with Gasteiger partial charge in [-0.05, 0) is 36.2 Å². The number of aryl methyl sites for hydroxylation is 1. The van der Waals surface area contributed by atoms with Crippen LogP contribution in [0.2, 0.25) is 5.02 Å². The molecule has 0 aliphatic carbocycles. The van der Waals surface area contributed by atoms with Crippen LogP contribution in [0.3, 0.4) is 0 Å². The number of ether oxygens (including phenoxy) is 1. The number of carbonyl (C=O) groups is 3. The minimum absolute atomic E-state index is 0.188. The first-order valence-corrected chi connectivity index (χ1v) is 8.83. The maximum atomic E-state index is 12.1. The Morgan fingerprint density at radius 3 is 2.37 bits per heavy atom. The Morgan fingerprint density at radius 2 is 1.74 bits per heavy atom. The van der Waals surface area contributed by atoms with E-state index in [4.69, 9.17) is 16.3 Å². The van der Waals surface area contributed by atoms with Crippen molar-refractivity contribution in [3.8, 4) is 0 Å². The molecular formula is C20H21ClN2O4. The van der Waals surface area contributed by atoms with Crippen molar-refractivity contribution >= 4 is 35.1 Å². The van der Waals surface area contributed by atoms with Gasteiger partial charge in [-0.3, -0.25) is 9.59 Å². The minimum atomic E-state index is -0.583. The first-order valence-electron chi connectivity index (χ1n) is 8.45. The second kappa shape index (κ2) is 9.73. The Hall–Kier alpha value is -2.86. The summed E-state index contributed by atoms with van der Waals surface area (Å²) in [6.45, 7) is 1.39. The van der Waals surface area contributed by atoms with E-state index in [-0.39, 0.29) is 6.54 Å². The summed E-state index contributed by atoms with van der Waals surface area (Å²) in [5, 5.41) is 3.03. The molecule has 0 unspecified atom stereocenters. The van der Waals surface area contributed by atoms with Gasteiger partial charge in [0.1, 0.15) is 0 Å². The highest BCUT2D eigenvalue weighted by Gasteiger charge is 2.16. The number of rotatable bonds is 7. The van der Waals surface area contributed by atoms with Crippen molar-refractivity contribution in [2.45, 2.75) is 13.3 Å². The lowest BCUT2D eigenvalue weighted by molar-refractivity contribution is -0.136. The summed E-state index contributed by atoms with van der Waals surface area (Å²) in [6.07, 6.45) is 0.870. The zero-order chi connectivity index (χ0) is 19.8. The molecule has 0 saturated heterocycles. The zero-order valence-corrected chi connectivity index (χ0v) is 16.0. The summed E-state index contributed by atoms with van der Waals surface area (Å²) in [4.78, 5) is 37.3. The maximum absolute atomic E-state index is 12.1. The van der Waals surface area contributed by atoms with Gasteiger partial charge in [-0.2, -0.15) is 0 Å². The number of hydrogen-bond donors (Lipinski definition) is 1. The van der Waals surface area contributed by atoms with Crippen molar-refractivity contribution in [1.29, 1.82) is 0 Å². The monoisotopic (exact) mass is 388 g/mol. The molecule has 2 rings (SSSR count). The fourth-order valence-electron chi connectivity index (χ4n) is 2.25. The number of benzene rings is 2. The number of nitrogens with one attached hydrogen (secondary N) is 1. The van der Waals surface area contributed by atoms with Crippen molar-refractivity contribution in [1.82, 2.24) is 4.90 Å². The maximum Gasteiger partial charge on any atom is 0.338 e. The van der Waals surface area contributed by atoms with Crippen LogP contribution in [0.5, 0.6) is 0 Å². The Morgan fingerprint density at radius 1 is 1.07 bits per heavy atom. The van der Waals surface area contributed by atoms with Gasteiger partial charge in [0, 0.05) is 7.05 Å². The van der Waals surface area contributed by atoms with Crippen molar-refractivity contribution in [2.24, 2.45) is 0 Å². The largest absolute Gasteiger partial charge is 0.452 e. The summed E-state index contributed by atoms with van der Waals surface area (Å²) in [7, 11) is 1.46. The van der Waals surface area contributed by atoms with Gasteiger partial charge < -0.3 is 15.0 Å². The van der Waals surface area contributed by atoms with E-state index in [1.54, 1.807) is 36.4 Å². The smallest absolute Gasteiger partial charge is 0.338 e. The predicted molar refractivity (Wildman–Crippen MR) is 104 cm³/mol. The van der Waals surface area contributed by atoms with Gasteiger partial charge in [-0.1, -0.05) is 42.8 Å². The number of carbonyl (C=O) groups excluding carboxylic acids is 3. The van der Waals surface area contributed by atoms with Gasteiger partial charge >= 0.3 is 5.97 Å². The van der Waals surface area contributed by atoms with Crippen LogP contribution in [0, 0.1) is 0 Å². The van der Waals surface area contributed by atoms with Gasteiger partial charge in [0.15, 0.2) is 6.61 Å². The van der Waals surface area contributed by atoms with E-state index in [9.17, 15) is 14.4 Å². The molecule has 0 bridgehead atoms. The molecule has 0 fully saturated rings. The standard InChI is InChI=1S/C20H21ClN2O4/c1-3-14-8-10-15(11-9-14)20(26)27-13-19(25)23(2)12-18(24)22-17-7-5-4-6-16(17)21/h4-11H,3,12-13H2,1-2H3,(H,22,24). The summed E-state index contributed by atoms with van der Waals surface area (Å²) in [6, 6.07) is 13.8. The molecule has 0 spiro atoms. The second-order valence-corrected chi connectivity index (χ2v) is 6.31. The normalized spacial score (nSPS) is 10.2. The molecule has 2 aromatic carbocycles. The highest BCUT2D eigenvalue weighted by molar-refractivity contribution is 6.33. The van der Waals surface area contributed by atoms with E-state index < -0.39 is 24.4 Å². The average Bonchev–Trinajstić information content (AvgIpc) is 2.67. The Labute approximate surface area is 163 Å². The van der Waals surface area contributed by atoms with Gasteiger partial charge in [-0.15, -0.1) is 0 Å². The second-order valence-electron chi connectivity index (χ2n) is 5.90. The molecule has 0 aliphatic heterocycles. The molecule has 27 heavy (non-hydrogen) atoms. The van der Waals surface area contributed by atoms with Crippen LogP contribution < -0.4 is 5.32 Å². The molecule has 142 valence electrons. The van der Waals surface area contributed by atoms with E-state index in [1.165, 1.54) is 11.9 Å². The molecule has 0 aliphatic rings. The van der Waals surface area contributed by atoms with Crippen LogP contribution in [-0.4, -0.2) is 42.9 Å². The van der Waals surface area contributed by atoms with E-state index in [1.807, 2.05) is 19.1 Å². The van der Waals surface area contributed by atoms with Crippen LogP contribution in [0.4, 0.5) is 5.69 Å². The minimum Gasteiger partial charge on any atom is -0.452 e. The van der Waals surface area contributed by atoms with E-state index in [0.29, 0.717) is 16.3 Å². The van der Waals surface area contributed by atoms with Crippen LogP contribution >= 0.6 is 11.6 Å². The van der Waals surface area contributed by atoms with Crippen molar-refractivity contribution in [3.63, 3.8) is 0 Å². The van der Waals surface area contributed by atoms with Crippen LogP contribution in [0.1, 0.15) is 22.8 Å². The quantitative estimate of drug-likeness (QED) is 0.739. The third-order valence-corrected chi connectivity index (χ3v) is 4.21. The number of nitrogens with zero attached hydrogens (tertiary/aromatic N) is 1. The van der Waals surface area contributed by atoms with Gasteiger partial charge in [-0.25, -0.2) is 4.79 Å². The molecular weight excluding hydrogens is 368 g/mol. The molecule has 7 heteroatoms. The molecule has 0 aromatic heterocycles. The SMILES string of the molecule is CCc1ccc(C(=O)OCC(=O)N(C)CC(=O)Nc2ccccc2Cl)cc1. The molecule has 0 atom stereocenters. The van der Waals surface area contributed by atoms with Gasteiger partial charge in [0.2, 0.25) is 5.91 Å². The topological polar surface area (TPSA) is 75.7 Å². The fraction of sp³-hybridized carbons (Fsp3) is 0.250. The number of anilines is 1.